The highest BCUT2D eigenvalue weighted by Gasteiger charge is 2.29. The van der Waals surface area contributed by atoms with Crippen LogP contribution in [0.3, 0.4) is 0 Å². The average Bonchev–Trinajstić information content (AvgIpc) is 2.73. The van der Waals surface area contributed by atoms with Gasteiger partial charge in [0.15, 0.2) is 5.78 Å². The minimum absolute atomic E-state index is 0.0474. The summed E-state index contributed by atoms with van der Waals surface area (Å²) in [6.45, 7) is 6.83. The number of fused-ring (bicyclic) bond motifs is 1. The number of carbonyl (C=O) groups is 1. The molecule has 0 amide bonds. The molecule has 0 radical (unpaired) electrons. The number of halogens is 1. The van der Waals surface area contributed by atoms with Crippen molar-refractivity contribution in [3.63, 3.8) is 0 Å². The number of benzene rings is 1. The molecule has 1 heterocycles. The molecule has 1 aromatic carbocycles. The van der Waals surface area contributed by atoms with Gasteiger partial charge >= 0.3 is 0 Å². The summed E-state index contributed by atoms with van der Waals surface area (Å²) in [5.41, 5.74) is 0.872. The fourth-order valence-electron chi connectivity index (χ4n) is 3.20. The lowest BCUT2D eigenvalue weighted by molar-refractivity contribution is 0.0984. The Bertz CT molecular complexity index is 700. The van der Waals surface area contributed by atoms with E-state index in [-0.39, 0.29) is 11.5 Å². The predicted octanol–water partition coefficient (Wildman–Crippen LogP) is 3.57. The van der Waals surface area contributed by atoms with Gasteiger partial charge < -0.3 is 4.90 Å². The lowest BCUT2D eigenvalue weighted by atomic mass is 10.1. The summed E-state index contributed by atoms with van der Waals surface area (Å²) in [7, 11) is -3.49. The molecule has 1 aromatic rings. The topological polar surface area (TPSA) is 57.7 Å². The maximum atomic E-state index is 13.0. The van der Waals surface area contributed by atoms with Crippen LogP contribution in [-0.4, -0.2) is 51.0 Å². The van der Waals surface area contributed by atoms with Gasteiger partial charge in [-0.05, 0) is 50.6 Å². The Hall–Kier alpha value is -1.11. The molecule has 0 saturated heterocycles. The van der Waals surface area contributed by atoms with Crippen molar-refractivity contribution in [1.82, 2.24) is 4.90 Å². The molecule has 0 aliphatic carbocycles. The van der Waals surface area contributed by atoms with Gasteiger partial charge in [0, 0.05) is 30.1 Å². The van der Waals surface area contributed by atoms with Gasteiger partial charge in [-0.25, -0.2) is 8.42 Å². The summed E-state index contributed by atoms with van der Waals surface area (Å²) in [5, 5.41) is 0.448. The molecule has 1 aliphatic rings. The zero-order valence-corrected chi connectivity index (χ0v) is 16.6. The predicted molar refractivity (Wildman–Crippen MR) is 103 cm³/mol. The lowest BCUT2D eigenvalue weighted by Gasteiger charge is -2.27. The number of ketones is 1. The summed E-state index contributed by atoms with van der Waals surface area (Å²) >= 11 is 6.00. The third-order valence-electron chi connectivity index (χ3n) is 4.37. The van der Waals surface area contributed by atoms with E-state index in [1.807, 2.05) is 0 Å². The zero-order valence-electron chi connectivity index (χ0n) is 15.0. The molecular weight excluding hydrogens is 360 g/mol. The largest absolute Gasteiger partial charge is 0.302 e. The van der Waals surface area contributed by atoms with Crippen LogP contribution < -0.4 is 4.31 Å². The highest BCUT2D eigenvalue weighted by atomic mass is 35.5. The van der Waals surface area contributed by atoms with Crippen LogP contribution in [0.2, 0.25) is 5.02 Å². The van der Waals surface area contributed by atoms with E-state index in [0.717, 1.165) is 25.9 Å². The van der Waals surface area contributed by atoms with Crippen LogP contribution in [0.4, 0.5) is 5.69 Å². The second-order valence-electron chi connectivity index (χ2n) is 6.42. The third-order valence-corrected chi connectivity index (χ3v) is 6.36. The van der Waals surface area contributed by atoms with Gasteiger partial charge in [-0.2, -0.15) is 0 Å². The summed E-state index contributed by atoms with van der Waals surface area (Å²) in [6, 6.07) is 4.86. The number of rotatable bonds is 8. The van der Waals surface area contributed by atoms with E-state index in [9.17, 15) is 13.2 Å². The molecule has 0 fully saturated rings. The number of Topliss-reactive ketones (excluding diaryl/α,β-unsaturated/α-hetero) is 1. The Morgan fingerprint density at radius 3 is 2.48 bits per heavy atom. The van der Waals surface area contributed by atoms with Gasteiger partial charge in [0.2, 0.25) is 10.0 Å². The summed E-state index contributed by atoms with van der Waals surface area (Å²) in [4.78, 5) is 14.5. The molecule has 2 rings (SSSR count). The first-order valence-corrected chi connectivity index (χ1v) is 10.9. The van der Waals surface area contributed by atoms with Crippen LogP contribution in [0.25, 0.3) is 0 Å². The molecule has 25 heavy (non-hydrogen) atoms. The molecule has 1 aliphatic heterocycles. The number of anilines is 1. The van der Waals surface area contributed by atoms with Crippen molar-refractivity contribution in [2.75, 3.05) is 36.2 Å². The maximum absolute atomic E-state index is 13.0. The molecule has 0 atom stereocenters. The normalized spacial score (nSPS) is 15.4. The number of nitrogens with zero attached hydrogens (tertiary/aromatic N) is 2. The molecule has 140 valence electrons. The first-order chi connectivity index (χ1) is 11.9. The molecule has 0 N–H and O–H groups in total. The van der Waals surface area contributed by atoms with Crippen LogP contribution in [0.15, 0.2) is 18.2 Å². The molecule has 5 nitrogen and oxygen atoms in total. The number of hydrogen-bond donors (Lipinski definition) is 0. The Kier molecular flexibility index (Phi) is 7.28. The van der Waals surface area contributed by atoms with Crippen molar-refractivity contribution in [2.24, 2.45) is 0 Å². The van der Waals surface area contributed by atoms with E-state index in [4.69, 9.17) is 11.6 Å². The standard InChI is InChI=1S/C18H27ClN2O3S/c1-3-9-20(10-4-2)12-13-25(23,24)21-11-5-6-18(22)16-14-15(19)7-8-17(16)21/h7-8,14H,3-6,9-13H2,1-2H3. The van der Waals surface area contributed by atoms with Crippen molar-refractivity contribution in [3.8, 4) is 0 Å². The van der Waals surface area contributed by atoms with E-state index in [1.54, 1.807) is 18.2 Å². The Morgan fingerprint density at radius 2 is 1.84 bits per heavy atom. The van der Waals surface area contributed by atoms with Crippen molar-refractivity contribution < 1.29 is 13.2 Å². The molecule has 0 aromatic heterocycles. The minimum Gasteiger partial charge on any atom is -0.302 e. The Morgan fingerprint density at radius 1 is 1.16 bits per heavy atom. The first kappa shape index (κ1) is 20.2. The van der Waals surface area contributed by atoms with Gasteiger partial charge in [-0.15, -0.1) is 0 Å². The van der Waals surface area contributed by atoms with Crippen LogP contribution in [-0.2, 0) is 10.0 Å². The van der Waals surface area contributed by atoms with Crippen molar-refractivity contribution >= 4 is 33.1 Å². The molecule has 0 unspecified atom stereocenters. The quantitative estimate of drug-likeness (QED) is 0.685. The molecule has 0 bridgehead atoms. The molecule has 0 spiro atoms. The van der Waals surface area contributed by atoms with Gasteiger partial charge in [0.1, 0.15) is 0 Å². The second kappa shape index (κ2) is 9.01. The van der Waals surface area contributed by atoms with Crippen molar-refractivity contribution in [1.29, 1.82) is 0 Å². The second-order valence-corrected chi connectivity index (χ2v) is 8.87. The van der Waals surface area contributed by atoms with Crippen LogP contribution in [0.1, 0.15) is 49.9 Å². The van der Waals surface area contributed by atoms with E-state index in [2.05, 4.69) is 18.7 Å². The van der Waals surface area contributed by atoms with Crippen LogP contribution in [0, 0.1) is 0 Å². The van der Waals surface area contributed by atoms with Crippen molar-refractivity contribution in [3.05, 3.63) is 28.8 Å². The Balaban J connectivity index is 2.23. The number of hydrogen-bond acceptors (Lipinski definition) is 4. The van der Waals surface area contributed by atoms with Gasteiger partial charge in [0.05, 0.1) is 11.4 Å². The van der Waals surface area contributed by atoms with Crippen LogP contribution >= 0.6 is 11.6 Å². The number of carbonyl (C=O) groups excluding carboxylic acids is 1. The van der Waals surface area contributed by atoms with Crippen LogP contribution in [0.5, 0.6) is 0 Å². The molecule has 7 heteroatoms. The fourth-order valence-corrected chi connectivity index (χ4v) is 4.95. The zero-order chi connectivity index (χ0) is 18.4. The third kappa shape index (κ3) is 5.19. The average molecular weight is 387 g/mol. The highest BCUT2D eigenvalue weighted by molar-refractivity contribution is 7.92. The van der Waals surface area contributed by atoms with E-state index in [0.29, 0.717) is 42.2 Å². The number of sulfonamides is 1. The summed E-state index contributed by atoms with van der Waals surface area (Å²) < 4.78 is 27.3. The molecule has 0 saturated carbocycles. The van der Waals surface area contributed by atoms with Gasteiger partial charge in [-0.1, -0.05) is 25.4 Å². The van der Waals surface area contributed by atoms with Crippen molar-refractivity contribution in [2.45, 2.75) is 39.5 Å². The smallest absolute Gasteiger partial charge is 0.236 e. The van der Waals surface area contributed by atoms with Gasteiger partial charge in [0.25, 0.3) is 0 Å². The monoisotopic (exact) mass is 386 g/mol. The molecular formula is C18H27ClN2O3S. The maximum Gasteiger partial charge on any atom is 0.236 e. The van der Waals surface area contributed by atoms with E-state index < -0.39 is 10.0 Å². The first-order valence-electron chi connectivity index (χ1n) is 8.94. The fraction of sp³-hybridized carbons (Fsp3) is 0.611. The summed E-state index contributed by atoms with van der Waals surface area (Å²) in [6.07, 6.45) is 2.87. The van der Waals surface area contributed by atoms with Gasteiger partial charge in [-0.3, -0.25) is 9.10 Å². The highest BCUT2D eigenvalue weighted by Crippen LogP contribution is 2.31. The van der Waals surface area contributed by atoms with E-state index >= 15 is 0 Å². The minimum atomic E-state index is -3.49. The summed E-state index contributed by atoms with van der Waals surface area (Å²) in [5.74, 6) is 0.0114. The SMILES string of the molecule is CCCN(CCC)CCS(=O)(=O)N1CCCC(=O)c2cc(Cl)ccc21. The lowest BCUT2D eigenvalue weighted by Crippen LogP contribution is -2.39. The van der Waals surface area contributed by atoms with E-state index in [1.165, 1.54) is 4.31 Å². The Labute approximate surface area is 156 Å².